The van der Waals surface area contributed by atoms with Gasteiger partial charge in [-0.3, -0.25) is 9.80 Å². The number of ether oxygens (including phenoxy) is 1. The zero-order valence-corrected chi connectivity index (χ0v) is 19.5. The van der Waals surface area contributed by atoms with Gasteiger partial charge in [0, 0.05) is 45.0 Å². The van der Waals surface area contributed by atoms with E-state index in [1.807, 2.05) is 32.0 Å². The van der Waals surface area contributed by atoms with E-state index in [4.69, 9.17) is 9.26 Å². The average Bonchev–Trinajstić information content (AvgIpc) is 3.52. The third kappa shape index (κ3) is 5.38. The van der Waals surface area contributed by atoms with E-state index < -0.39 is 6.10 Å². The molecule has 0 radical (unpaired) electrons. The monoisotopic (exact) mass is 469 g/mol. The number of H-pyrrole nitrogens is 1. The second-order valence-electron chi connectivity index (χ2n) is 8.31. The molecular formula is C22H27N7O3S. The lowest BCUT2D eigenvalue weighted by Gasteiger charge is -2.34. The van der Waals surface area contributed by atoms with E-state index in [-0.39, 0.29) is 6.61 Å². The number of thiazole rings is 1. The molecule has 0 aliphatic carbocycles. The van der Waals surface area contributed by atoms with E-state index in [0.29, 0.717) is 30.6 Å². The first kappa shape index (κ1) is 22.0. The maximum absolute atomic E-state index is 10.5. The molecule has 1 fully saturated rings. The molecule has 2 N–H and O–H groups in total. The van der Waals surface area contributed by atoms with E-state index in [9.17, 15) is 5.11 Å². The van der Waals surface area contributed by atoms with E-state index in [1.165, 1.54) is 0 Å². The van der Waals surface area contributed by atoms with E-state index in [1.54, 1.807) is 17.5 Å². The number of rotatable bonds is 8. The fourth-order valence-electron chi connectivity index (χ4n) is 3.92. The lowest BCUT2D eigenvalue weighted by atomic mass is 10.2. The van der Waals surface area contributed by atoms with Crippen molar-refractivity contribution in [1.82, 2.24) is 34.9 Å². The van der Waals surface area contributed by atoms with Gasteiger partial charge in [-0.15, -0.1) is 11.3 Å². The second-order valence-corrected chi connectivity index (χ2v) is 9.54. The number of β-amino-alcohol motifs (C(OH)–C–C–N with tert-alkyl or cyclic N) is 1. The van der Waals surface area contributed by atoms with Gasteiger partial charge < -0.3 is 19.4 Å². The number of piperazine rings is 1. The summed E-state index contributed by atoms with van der Waals surface area (Å²) in [7, 11) is 0. The molecule has 33 heavy (non-hydrogen) atoms. The van der Waals surface area contributed by atoms with Crippen molar-refractivity contribution in [3.8, 4) is 17.5 Å². The van der Waals surface area contributed by atoms with Gasteiger partial charge in [-0.2, -0.15) is 4.98 Å². The van der Waals surface area contributed by atoms with Gasteiger partial charge in [-0.05, 0) is 26.0 Å². The molecule has 1 saturated heterocycles. The number of hydrogen-bond donors (Lipinski definition) is 2. The zero-order valence-electron chi connectivity index (χ0n) is 18.7. The van der Waals surface area contributed by atoms with Gasteiger partial charge in [-0.25, -0.2) is 9.97 Å². The summed E-state index contributed by atoms with van der Waals surface area (Å²) < 4.78 is 12.3. The first-order valence-electron chi connectivity index (χ1n) is 11.0. The Morgan fingerprint density at radius 3 is 2.76 bits per heavy atom. The lowest BCUT2D eigenvalue weighted by molar-refractivity contribution is 0.0440. The summed E-state index contributed by atoms with van der Waals surface area (Å²) in [6.07, 6.45) is 1.25. The molecule has 1 aromatic carbocycles. The number of benzene rings is 1. The summed E-state index contributed by atoms with van der Waals surface area (Å²) in [5.41, 5.74) is 1.82. The summed E-state index contributed by atoms with van der Waals surface area (Å²) in [5, 5.41) is 15.6. The molecule has 0 bridgehead atoms. The van der Waals surface area contributed by atoms with Crippen LogP contribution in [0.1, 0.15) is 16.5 Å². The van der Waals surface area contributed by atoms with Gasteiger partial charge in [0.05, 0.1) is 27.5 Å². The molecule has 4 aromatic rings. The number of nitrogens with zero attached hydrogens (tertiary/aromatic N) is 6. The summed E-state index contributed by atoms with van der Waals surface area (Å²) in [6.45, 7) is 8.84. The van der Waals surface area contributed by atoms with Crippen LogP contribution in [0.4, 0.5) is 0 Å². The van der Waals surface area contributed by atoms with Crippen molar-refractivity contribution in [1.29, 1.82) is 0 Å². The van der Waals surface area contributed by atoms with Crippen LogP contribution in [0.3, 0.4) is 0 Å². The van der Waals surface area contributed by atoms with Crippen LogP contribution in [0.25, 0.3) is 21.9 Å². The molecule has 3 aromatic heterocycles. The third-order valence-corrected chi connectivity index (χ3v) is 6.54. The van der Waals surface area contributed by atoms with Crippen molar-refractivity contribution >= 4 is 21.6 Å². The number of fused-ring (bicyclic) bond motifs is 1. The summed E-state index contributed by atoms with van der Waals surface area (Å²) >= 11 is 1.67. The van der Waals surface area contributed by atoms with Gasteiger partial charge in [0.15, 0.2) is 11.6 Å². The first-order valence-corrected chi connectivity index (χ1v) is 11.8. The number of aromatic nitrogens is 5. The van der Waals surface area contributed by atoms with Gasteiger partial charge in [0.1, 0.15) is 18.5 Å². The Kier molecular flexibility index (Phi) is 6.36. The molecule has 1 aliphatic rings. The van der Waals surface area contributed by atoms with Crippen LogP contribution in [0.15, 0.2) is 28.9 Å². The maximum atomic E-state index is 10.5. The van der Waals surface area contributed by atoms with Crippen LogP contribution < -0.4 is 4.74 Å². The molecule has 10 nitrogen and oxygen atoms in total. The Hall–Kier alpha value is -2.86. The second kappa shape index (κ2) is 9.56. The Labute approximate surface area is 195 Å². The fraction of sp³-hybridized carbons (Fsp3) is 0.455. The number of aliphatic hydroxyl groups is 1. The molecule has 0 amide bonds. The predicted molar refractivity (Wildman–Crippen MR) is 124 cm³/mol. The topological polar surface area (TPSA) is 116 Å². The van der Waals surface area contributed by atoms with Crippen LogP contribution in [0.5, 0.6) is 5.75 Å². The normalized spacial score (nSPS) is 16.5. The standard InChI is InChI=1S/C22H27N7O3S/c1-14-10-23-21(24-14)22-26-20(27-32-22)12-29-7-5-28(6-8-29)11-16(30)13-31-17-3-4-19-18(9-17)25-15(2)33-19/h3-4,9-10,16,30H,5-8,11-13H2,1-2H3,(H,23,24)/t16-/m0/s1. The number of aromatic amines is 1. The summed E-state index contributed by atoms with van der Waals surface area (Å²) in [5.74, 6) is 2.38. The van der Waals surface area contributed by atoms with Crippen LogP contribution in [-0.2, 0) is 6.54 Å². The average molecular weight is 470 g/mol. The molecule has 0 saturated carbocycles. The predicted octanol–water partition coefficient (Wildman–Crippen LogP) is 2.24. The highest BCUT2D eigenvalue weighted by atomic mass is 32.1. The minimum absolute atomic E-state index is 0.257. The molecule has 0 spiro atoms. The molecule has 11 heteroatoms. The van der Waals surface area contributed by atoms with Gasteiger partial charge in [0.2, 0.25) is 0 Å². The molecule has 5 rings (SSSR count). The molecule has 174 valence electrons. The highest BCUT2D eigenvalue weighted by Gasteiger charge is 2.21. The van der Waals surface area contributed by atoms with Crippen molar-refractivity contribution in [3.63, 3.8) is 0 Å². The van der Waals surface area contributed by atoms with Gasteiger partial charge >= 0.3 is 0 Å². The Morgan fingerprint density at radius 1 is 1.15 bits per heavy atom. The molecule has 4 heterocycles. The number of hydrogen-bond acceptors (Lipinski definition) is 10. The van der Waals surface area contributed by atoms with E-state index in [0.717, 1.165) is 52.8 Å². The van der Waals surface area contributed by atoms with Gasteiger partial charge in [0.25, 0.3) is 5.89 Å². The van der Waals surface area contributed by atoms with Crippen molar-refractivity contribution in [2.45, 2.75) is 26.5 Å². The number of imidazole rings is 1. The fourth-order valence-corrected chi connectivity index (χ4v) is 4.73. The van der Waals surface area contributed by atoms with E-state index >= 15 is 0 Å². The highest BCUT2D eigenvalue weighted by Crippen LogP contribution is 2.25. The minimum Gasteiger partial charge on any atom is -0.491 e. The maximum Gasteiger partial charge on any atom is 0.293 e. The van der Waals surface area contributed by atoms with Crippen LogP contribution in [0.2, 0.25) is 0 Å². The largest absolute Gasteiger partial charge is 0.491 e. The van der Waals surface area contributed by atoms with Crippen molar-refractivity contribution in [2.24, 2.45) is 0 Å². The Balaban J connectivity index is 1.05. The molecule has 1 atom stereocenters. The summed E-state index contributed by atoms with van der Waals surface area (Å²) in [6, 6.07) is 5.88. The lowest BCUT2D eigenvalue weighted by Crippen LogP contribution is -2.48. The van der Waals surface area contributed by atoms with Crippen molar-refractivity contribution < 1.29 is 14.4 Å². The van der Waals surface area contributed by atoms with Crippen LogP contribution in [-0.4, -0.2) is 85.4 Å². The van der Waals surface area contributed by atoms with Crippen LogP contribution >= 0.6 is 11.3 Å². The SMILES string of the molecule is Cc1c[nH]c(-c2nc(CN3CCN(C[C@H](O)COc4ccc5sc(C)nc5c4)CC3)no2)n1. The zero-order chi connectivity index (χ0) is 22.8. The number of nitrogens with one attached hydrogen (secondary N) is 1. The first-order chi connectivity index (χ1) is 16.0. The molecular weight excluding hydrogens is 442 g/mol. The quantitative estimate of drug-likeness (QED) is 0.401. The summed E-state index contributed by atoms with van der Waals surface area (Å²) in [4.78, 5) is 20.8. The van der Waals surface area contributed by atoms with E-state index in [2.05, 4.69) is 34.9 Å². The Bertz CT molecular complexity index is 1210. The third-order valence-electron chi connectivity index (χ3n) is 5.58. The van der Waals surface area contributed by atoms with Crippen molar-refractivity contribution in [3.05, 3.63) is 40.9 Å². The number of aliphatic hydroxyl groups excluding tert-OH is 1. The molecule has 0 unspecified atom stereocenters. The molecule has 1 aliphatic heterocycles. The van der Waals surface area contributed by atoms with Crippen LogP contribution in [0, 0.1) is 13.8 Å². The highest BCUT2D eigenvalue weighted by molar-refractivity contribution is 7.18. The number of aryl methyl sites for hydroxylation is 2. The Morgan fingerprint density at radius 2 is 1.97 bits per heavy atom. The van der Waals surface area contributed by atoms with Gasteiger partial charge in [-0.1, -0.05) is 5.16 Å². The smallest absolute Gasteiger partial charge is 0.293 e. The van der Waals surface area contributed by atoms with Crippen molar-refractivity contribution in [2.75, 3.05) is 39.3 Å². The minimum atomic E-state index is -0.555.